The summed E-state index contributed by atoms with van der Waals surface area (Å²) in [6.07, 6.45) is 0. The van der Waals surface area contributed by atoms with Gasteiger partial charge in [0.1, 0.15) is 5.75 Å². The number of urea groups is 1. The minimum absolute atomic E-state index is 0.135. The fourth-order valence-electron chi connectivity index (χ4n) is 1.60. The summed E-state index contributed by atoms with van der Waals surface area (Å²) < 4.78 is 0. The molecule has 2 rings (SSSR count). The number of rotatable bonds is 2. The van der Waals surface area contributed by atoms with Gasteiger partial charge < -0.3 is 15.7 Å². The van der Waals surface area contributed by atoms with E-state index >= 15 is 0 Å². The SMILES string of the molecule is Cc1c(O)cccc1NC(=O)Nc1ccccc1Cl. The first-order chi connectivity index (χ1) is 9.08. The lowest BCUT2D eigenvalue weighted by Crippen LogP contribution is -2.20. The minimum Gasteiger partial charge on any atom is -0.508 e. The van der Waals surface area contributed by atoms with E-state index in [0.29, 0.717) is 22.0 Å². The monoisotopic (exact) mass is 276 g/mol. The summed E-state index contributed by atoms with van der Waals surface area (Å²) in [5, 5.41) is 15.3. The van der Waals surface area contributed by atoms with E-state index < -0.39 is 6.03 Å². The van der Waals surface area contributed by atoms with Crippen molar-refractivity contribution in [3.05, 3.63) is 53.1 Å². The lowest BCUT2D eigenvalue weighted by atomic mass is 10.2. The molecule has 0 heterocycles. The molecule has 0 atom stereocenters. The van der Waals surface area contributed by atoms with Crippen LogP contribution in [-0.4, -0.2) is 11.1 Å². The maximum Gasteiger partial charge on any atom is 0.323 e. The van der Waals surface area contributed by atoms with Gasteiger partial charge >= 0.3 is 6.03 Å². The van der Waals surface area contributed by atoms with Gasteiger partial charge in [0, 0.05) is 11.3 Å². The van der Waals surface area contributed by atoms with Crippen LogP contribution in [0.15, 0.2) is 42.5 Å². The summed E-state index contributed by atoms with van der Waals surface area (Å²) in [7, 11) is 0. The van der Waals surface area contributed by atoms with Crippen molar-refractivity contribution in [1.82, 2.24) is 0 Å². The van der Waals surface area contributed by atoms with Crippen molar-refractivity contribution in [3.63, 3.8) is 0 Å². The van der Waals surface area contributed by atoms with Crippen molar-refractivity contribution in [2.75, 3.05) is 10.6 Å². The van der Waals surface area contributed by atoms with Gasteiger partial charge in [-0.15, -0.1) is 0 Å². The zero-order chi connectivity index (χ0) is 13.8. The molecule has 0 spiro atoms. The molecule has 0 saturated heterocycles. The largest absolute Gasteiger partial charge is 0.508 e. The van der Waals surface area contributed by atoms with Crippen molar-refractivity contribution in [2.45, 2.75) is 6.92 Å². The molecule has 98 valence electrons. The van der Waals surface area contributed by atoms with E-state index in [0.717, 1.165) is 0 Å². The van der Waals surface area contributed by atoms with Gasteiger partial charge in [-0.25, -0.2) is 4.79 Å². The second-order valence-corrected chi connectivity index (χ2v) is 4.42. The highest BCUT2D eigenvalue weighted by Gasteiger charge is 2.08. The van der Waals surface area contributed by atoms with Crippen molar-refractivity contribution in [3.8, 4) is 5.75 Å². The molecule has 0 aliphatic rings. The second-order valence-electron chi connectivity index (χ2n) is 4.01. The van der Waals surface area contributed by atoms with Crippen molar-refractivity contribution < 1.29 is 9.90 Å². The van der Waals surface area contributed by atoms with E-state index in [2.05, 4.69) is 10.6 Å². The van der Waals surface area contributed by atoms with Crippen LogP contribution in [0.2, 0.25) is 5.02 Å². The Morgan fingerprint density at radius 2 is 1.68 bits per heavy atom. The Kier molecular flexibility index (Phi) is 3.92. The first-order valence-corrected chi connectivity index (χ1v) is 6.07. The van der Waals surface area contributed by atoms with Crippen LogP contribution in [0.25, 0.3) is 0 Å². The Morgan fingerprint density at radius 3 is 2.42 bits per heavy atom. The number of halogens is 1. The number of para-hydroxylation sites is 1. The highest BCUT2D eigenvalue weighted by molar-refractivity contribution is 6.33. The molecule has 2 aromatic carbocycles. The van der Waals surface area contributed by atoms with Gasteiger partial charge in [0.2, 0.25) is 0 Å². The molecule has 4 nitrogen and oxygen atoms in total. The maximum absolute atomic E-state index is 11.8. The second kappa shape index (κ2) is 5.63. The van der Waals surface area contributed by atoms with Crippen LogP contribution < -0.4 is 10.6 Å². The van der Waals surface area contributed by atoms with Gasteiger partial charge in [0.05, 0.1) is 10.7 Å². The Labute approximate surface area is 116 Å². The molecular weight excluding hydrogens is 264 g/mol. The number of carbonyl (C=O) groups excluding carboxylic acids is 1. The predicted octanol–water partition coefficient (Wildman–Crippen LogP) is 4.00. The van der Waals surface area contributed by atoms with Gasteiger partial charge in [0.25, 0.3) is 0 Å². The third-order valence-electron chi connectivity index (χ3n) is 2.68. The number of hydrogen-bond acceptors (Lipinski definition) is 2. The van der Waals surface area contributed by atoms with E-state index in [1.54, 1.807) is 49.4 Å². The average Bonchev–Trinajstić information content (AvgIpc) is 2.38. The highest BCUT2D eigenvalue weighted by atomic mass is 35.5. The van der Waals surface area contributed by atoms with Crippen LogP contribution in [0.5, 0.6) is 5.75 Å². The van der Waals surface area contributed by atoms with Crippen molar-refractivity contribution >= 4 is 29.0 Å². The number of amides is 2. The summed E-state index contributed by atoms with van der Waals surface area (Å²) in [5.41, 5.74) is 1.68. The van der Waals surface area contributed by atoms with E-state index in [1.165, 1.54) is 0 Å². The van der Waals surface area contributed by atoms with Crippen LogP contribution in [0.1, 0.15) is 5.56 Å². The number of aromatic hydroxyl groups is 1. The molecule has 0 aromatic heterocycles. The summed E-state index contributed by atoms with van der Waals surface area (Å²) in [4.78, 5) is 11.8. The highest BCUT2D eigenvalue weighted by Crippen LogP contribution is 2.25. The fourth-order valence-corrected chi connectivity index (χ4v) is 1.78. The Bertz CT molecular complexity index is 614. The standard InChI is InChI=1S/C14H13ClN2O2/c1-9-11(7-4-8-13(9)18)16-14(19)17-12-6-3-2-5-10(12)15/h2-8,18H,1H3,(H2,16,17,19). The minimum atomic E-state index is -0.415. The van der Waals surface area contributed by atoms with E-state index in [4.69, 9.17) is 11.6 Å². The molecule has 2 amide bonds. The Hall–Kier alpha value is -2.20. The lowest BCUT2D eigenvalue weighted by molar-refractivity contribution is 0.262. The van der Waals surface area contributed by atoms with Crippen LogP contribution in [-0.2, 0) is 0 Å². The summed E-state index contributed by atoms with van der Waals surface area (Å²) in [6.45, 7) is 1.72. The first kappa shape index (κ1) is 13.2. The zero-order valence-electron chi connectivity index (χ0n) is 10.3. The quantitative estimate of drug-likeness (QED) is 0.776. The van der Waals surface area contributed by atoms with Crippen molar-refractivity contribution in [1.29, 1.82) is 0 Å². The van der Waals surface area contributed by atoms with Gasteiger partial charge in [-0.2, -0.15) is 0 Å². The number of hydrogen-bond donors (Lipinski definition) is 3. The number of phenolic OH excluding ortho intramolecular Hbond substituents is 1. The van der Waals surface area contributed by atoms with Gasteiger partial charge in [0.15, 0.2) is 0 Å². The number of phenols is 1. The lowest BCUT2D eigenvalue weighted by Gasteiger charge is -2.11. The summed E-state index contributed by atoms with van der Waals surface area (Å²) >= 11 is 5.95. The molecule has 3 N–H and O–H groups in total. The number of anilines is 2. The molecule has 19 heavy (non-hydrogen) atoms. The summed E-state index contributed by atoms with van der Waals surface area (Å²) in [6, 6.07) is 11.5. The number of nitrogens with one attached hydrogen (secondary N) is 2. The van der Waals surface area contributed by atoms with Crippen LogP contribution in [0.3, 0.4) is 0 Å². The van der Waals surface area contributed by atoms with Crippen molar-refractivity contribution in [2.24, 2.45) is 0 Å². The Morgan fingerprint density at radius 1 is 1.05 bits per heavy atom. The third kappa shape index (κ3) is 3.17. The Balaban J connectivity index is 2.10. The smallest absolute Gasteiger partial charge is 0.323 e. The molecule has 0 aliphatic heterocycles. The topological polar surface area (TPSA) is 61.4 Å². The van der Waals surface area contributed by atoms with E-state index in [1.807, 2.05) is 0 Å². The number of benzene rings is 2. The van der Waals surface area contributed by atoms with Crippen LogP contribution >= 0.6 is 11.6 Å². The maximum atomic E-state index is 11.8. The molecule has 0 saturated carbocycles. The van der Waals surface area contributed by atoms with Gasteiger partial charge in [-0.05, 0) is 31.2 Å². The summed E-state index contributed by atoms with van der Waals surface area (Å²) in [5.74, 6) is 0.135. The van der Waals surface area contributed by atoms with E-state index in [-0.39, 0.29) is 5.75 Å². The van der Waals surface area contributed by atoms with E-state index in [9.17, 15) is 9.90 Å². The van der Waals surface area contributed by atoms with Gasteiger partial charge in [-0.3, -0.25) is 0 Å². The van der Waals surface area contributed by atoms with Gasteiger partial charge in [-0.1, -0.05) is 29.8 Å². The molecule has 0 unspecified atom stereocenters. The fraction of sp³-hybridized carbons (Fsp3) is 0.0714. The molecular formula is C14H13ClN2O2. The average molecular weight is 277 g/mol. The molecule has 0 radical (unpaired) electrons. The van der Waals surface area contributed by atoms with Crippen LogP contribution in [0.4, 0.5) is 16.2 Å². The molecule has 5 heteroatoms. The molecule has 0 fully saturated rings. The predicted molar refractivity (Wildman–Crippen MR) is 76.9 cm³/mol. The zero-order valence-corrected chi connectivity index (χ0v) is 11.0. The molecule has 0 bridgehead atoms. The number of carbonyl (C=O) groups is 1. The molecule has 2 aromatic rings. The third-order valence-corrected chi connectivity index (χ3v) is 3.01. The van der Waals surface area contributed by atoms with Crippen LogP contribution in [0, 0.1) is 6.92 Å². The molecule has 0 aliphatic carbocycles. The first-order valence-electron chi connectivity index (χ1n) is 5.69. The normalized spacial score (nSPS) is 10.0.